The fourth-order valence-corrected chi connectivity index (χ4v) is 8.67. The maximum atomic E-state index is 4.89. The number of fused-ring (bicyclic) bond motifs is 8. The molecule has 0 unspecified atom stereocenters. The SMILES string of the molecule is Cc1ccc2c(c1)c(-c1ccc3c4c1ccc1ccc5cccc-3c5c14)cc1c3ccc(C)c4c3c(cc21)-c1ncccc1-4. The first-order valence-electron chi connectivity index (χ1n) is 15.5. The molecular weight excluding hydrogens is 530 g/mol. The fourth-order valence-electron chi connectivity index (χ4n) is 8.67. The van der Waals surface area contributed by atoms with E-state index in [1.54, 1.807) is 0 Å². The second-order valence-electron chi connectivity index (χ2n) is 12.8. The van der Waals surface area contributed by atoms with Gasteiger partial charge in [0.15, 0.2) is 0 Å². The molecule has 1 aromatic heterocycles. The number of hydrogen-bond donors (Lipinski definition) is 0. The van der Waals surface area contributed by atoms with Crippen molar-refractivity contribution in [1.29, 1.82) is 0 Å². The fraction of sp³-hybridized carbons (Fsp3) is 0.0465. The van der Waals surface area contributed by atoms with Crippen molar-refractivity contribution in [3.05, 3.63) is 127 Å². The van der Waals surface area contributed by atoms with Gasteiger partial charge in [0.1, 0.15) is 0 Å². The van der Waals surface area contributed by atoms with Crippen molar-refractivity contribution in [2.75, 3.05) is 0 Å². The summed E-state index contributed by atoms with van der Waals surface area (Å²) < 4.78 is 0. The zero-order valence-corrected chi connectivity index (χ0v) is 24.4. The van der Waals surface area contributed by atoms with Crippen LogP contribution in [0.2, 0.25) is 0 Å². The standard InChI is InChI=1S/C43H25N/c1-22-8-13-27-33(19-22)34(20-36-31-14-9-23(2)38-32-7-4-18-44-43(32)37(42(31)38)21-35(27)36)26-16-17-30-28-6-3-5-24-10-11-25-12-15-29(26)41(30)40(25)39(24)28/h3-21H,1-2H3. The zero-order valence-electron chi connectivity index (χ0n) is 24.4. The largest absolute Gasteiger partial charge is 0.256 e. The third kappa shape index (κ3) is 2.61. The van der Waals surface area contributed by atoms with Crippen LogP contribution < -0.4 is 0 Å². The van der Waals surface area contributed by atoms with Crippen molar-refractivity contribution < 1.29 is 0 Å². The highest BCUT2D eigenvalue weighted by atomic mass is 14.7. The topological polar surface area (TPSA) is 12.9 Å². The van der Waals surface area contributed by atoms with Crippen LogP contribution in [0.25, 0.3) is 109 Å². The van der Waals surface area contributed by atoms with Crippen LogP contribution in [0.15, 0.2) is 115 Å². The number of rotatable bonds is 1. The molecule has 0 saturated carbocycles. The number of aryl methyl sites for hydroxylation is 2. The summed E-state index contributed by atoms with van der Waals surface area (Å²) in [6.45, 7) is 4.44. The van der Waals surface area contributed by atoms with Crippen LogP contribution in [-0.2, 0) is 0 Å². The Kier molecular flexibility index (Phi) is 4.02. The van der Waals surface area contributed by atoms with Gasteiger partial charge in [0.25, 0.3) is 0 Å². The van der Waals surface area contributed by atoms with Crippen molar-refractivity contribution in [2.45, 2.75) is 13.8 Å². The monoisotopic (exact) mass is 555 g/mol. The molecule has 0 spiro atoms. The summed E-state index contributed by atoms with van der Waals surface area (Å²) in [5.41, 5.74) is 12.8. The van der Waals surface area contributed by atoms with Crippen molar-refractivity contribution in [3.8, 4) is 44.6 Å². The summed E-state index contributed by atoms with van der Waals surface area (Å²) in [6.07, 6.45) is 1.93. The van der Waals surface area contributed by atoms with E-state index in [1.807, 2.05) is 6.20 Å². The molecule has 0 radical (unpaired) electrons. The van der Waals surface area contributed by atoms with Crippen molar-refractivity contribution in [3.63, 3.8) is 0 Å². The quantitative estimate of drug-likeness (QED) is 0.184. The summed E-state index contributed by atoms with van der Waals surface area (Å²) in [7, 11) is 0. The zero-order chi connectivity index (χ0) is 28.8. The van der Waals surface area contributed by atoms with Gasteiger partial charge in [-0.15, -0.1) is 0 Å². The van der Waals surface area contributed by atoms with E-state index in [0.29, 0.717) is 0 Å². The van der Waals surface area contributed by atoms with E-state index in [1.165, 1.54) is 115 Å². The van der Waals surface area contributed by atoms with E-state index in [9.17, 15) is 0 Å². The Morgan fingerprint density at radius 2 is 1.14 bits per heavy atom. The van der Waals surface area contributed by atoms with E-state index < -0.39 is 0 Å². The minimum absolute atomic E-state index is 1.10. The Balaban J connectivity index is 1.32. The predicted molar refractivity (Wildman–Crippen MR) is 188 cm³/mol. The molecule has 0 amide bonds. The number of nitrogens with zero attached hydrogens (tertiary/aromatic N) is 1. The lowest BCUT2D eigenvalue weighted by atomic mass is 9.86. The molecule has 9 aromatic rings. The van der Waals surface area contributed by atoms with E-state index in [2.05, 4.69) is 123 Å². The molecule has 1 heteroatoms. The Bertz CT molecular complexity index is 2840. The molecule has 0 atom stereocenters. The van der Waals surface area contributed by atoms with Crippen molar-refractivity contribution in [2.24, 2.45) is 0 Å². The van der Waals surface area contributed by atoms with Gasteiger partial charge in [0, 0.05) is 17.3 Å². The van der Waals surface area contributed by atoms with E-state index in [-0.39, 0.29) is 0 Å². The minimum atomic E-state index is 1.10. The Morgan fingerprint density at radius 3 is 2.07 bits per heavy atom. The first kappa shape index (κ1) is 23.0. The molecule has 8 aromatic carbocycles. The Hall–Kier alpha value is -5.53. The molecule has 11 rings (SSSR count). The van der Waals surface area contributed by atoms with E-state index in [4.69, 9.17) is 4.98 Å². The lowest BCUT2D eigenvalue weighted by Crippen LogP contribution is -1.90. The maximum Gasteiger partial charge on any atom is 0.0787 e. The molecule has 0 saturated heterocycles. The molecule has 0 N–H and O–H groups in total. The smallest absolute Gasteiger partial charge is 0.0787 e. The van der Waals surface area contributed by atoms with Crippen molar-refractivity contribution >= 4 is 64.6 Å². The highest BCUT2D eigenvalue weighted by molar-refractivity contribution is 6.35. The van der Waals surface area contributed by atoms with Gasteiger partial charge in [0.05, 0.1) is 5.69 Å². The van der Waals surface area contributed by atoms with Gasteiger partial charge in [-0.1, -0.05) is 96.6 Å². The first-order valence-corrected chi connectivity index (χ1v) is 15.5. The van der Waals surface area contributed by atoms with E-state index >= 15 is 0 Å². The molecule has 2 aliphatic carbocycles. The van der Waals surface area contributed by atoms with E-state index in [0.717, 1.165) is 5.69 Å². The van der Waals surface area contributed by atoms with Gasteiger partial charge in [-0.25, -0.2) is 0 Å². The Labute approximate surface area is 254 Å². The van der Waals surface area contributed by atoms with Crippen LogP contribution in [-0.4, -0.2) is 4.98 Å². The minimum Gasteiger partial charge on any atom is -0.256 e. The van der Waals surface area contributed by atoms with Gasteiger partial charge < -0.3 is 0 Å². The molecule has 202 valence electrons. The average Bonchev–Trinajstić information content (AvgIpc) is 3.58. The second-order valence-corrected chi connectivity index (χ2v) is 12.8. The number of hydrogen-bond acceptors (Lipinski definition) is 1. The first-order chi connectivity index (χ1) is 21.7. The normalized spacial score (nSPS) is 12.8. The summed E-state index contributed by atoms with van der Waals surface area (Å²) in [4.78, 5) is 4.89. The number of benzene rings is 8. The third-order valence-electron chi connectivity index (χ3n) is 10.5. The number of aromatic nitrogens is 1. The summed E-state index contributed by atoms with van der Waals surface area (Å²) >= 11 is 0. The molecule has 1 heterocycles. The Morgan fingerprint density at radius 1 is 0.409 bits per heavy atom. The lowest BCUT2D eigenvalue weighted by Gasteiger charge is -2.17. The average molecular weight is 556 g/mol. The van der Waals surface area contributed by atoms with Gasteiger partial charge >= 0.3 is 0 Å². The molecule has 0 aliphatic heterocycles. The van der Waals surface area contributed by atoms with Gasteiger partial charge in [0.2, 0.25) is 0 Å². The molecular formula is C43H25N. The van der Waals surface area contributed by atoms with Crippen LogP contribution in [0.4, 0.5) is 0 Å². The second kappa shape index (κ2) is 7.70. The van der Waals surface area contributed by atoms with Gasteiger partial charge in [-0.2, -0.15) is 0 Å². The molecule has 0 fully saturated rings. The highest BCUT2D eigenvalue weighted by Gasteiger charge is 2.27. The maximum absolute atomic E-state index is 4.89. The summed E-state index contributed by atoms with van der Waals surface area (Å²) in [5.74, 6) is 0. The predicted octanol–water partition coefficient (Wildman–Crippen LogP) is 11.9. The van der Waals surface area contributed by atoms with Gasteiger partial charge in [-0.3, -0.25) is 4.98 Å². The number of pyridine rings is 1. The molecule has 0 bridgehead atoms. The van der Waals surface area contributed by atoms with Crippen LogP contribution in [0.3, 0.4) is 0 Å². The summed E-state index contributed by atoms with van der Waals surface area (Å²) in [5, 5.41) is 16.0. The highest BCUT2D eigenvalue weighted by Crippen LogP contribution is 2.53. The van der Waals surface area contributed by atoms with Crippen LogP contribution in [0.5, 0.6) is 0 Å². The van der Waals surface area contributed by atoms with Crippen LogP contribution in [0.1, 0.15) is 11.1 Å². The molecule has 1 nitrogen and oxygen atoms in total. The summed E-state index contributed by atoms with van der Waals surface area (Å²) in [6, 6.07) is 41.5. The van der Waals surface area contributed by atoms with Crippen LogP contribution >= 0.6 is 0 Å². The molecule has 2 aliphatic rings. The third-order valence-corrected chi connectivity index (χ3v) is 10.5. The lowest BCUT2D eigenvalue weighted by molar-refractivity contribution is 1.34. The van der Waals surface area contributed by atoms with Crippen molar-refractivity contribution in [1.82, 2.24) is 4.98 Å². The van der Waals surface area contributed by atoms with Crippen LogP contribution in [0, 0.1) is 13.8 Å². The van der Waals surface area contributed by atoms with Gasteiger partial charge in [-0.05, 0) is 130 Å². The molecule has 44 heavy (non-hydrogen) atoms.